The third-order valence-electron chi connectivity index (χ3n) is 8.75. The first kappa shape index (κ1) is 34.2. The predicted octanol–water partition coefficient (Wildman–Crippen LogP) is 11.8. The number of hydrogen-bond donors (Lipinski definition) is 2. The molecule has 0 saturated heterocycles. The van der Waals surface area contributed by atoms with Gasteiger partial charge >= 0.3 is 0 Å². The highest BCUT2D eigenvalue weighted by atomic mass is 14.9. The molecule has 0 unspecified atom stereocenters. The monoisotopic (exact) mass is 610 g/mol. The maximum atomic E-state index is 5.34. The Hall–Kier alpha value is -4.70. The van der Waals surface area contributed by atoms with Gasteiger partial charge in [0, 0.05) is 45.3 Å². The summed E-state index contributed by atoms with van der Waals surface area (Å²) >= 11 is 0. The lowest BCUT2D eigenvalue weighted by Gasteiger charge is -2.24. The van der Waals surface area contributed by atoms with Crippen LogP contribution in [0.25, 0.3) is 0 Å². The number of rotatable bonds is 9. The fourth-order valence-electron chi connectivity index (χ4n) is 6.21. The fourth-order valence-corrected chi connectivity index (χ4v) is 6.21. The van der Waals surface area contributed by atoms with Gasteiger partial charge in [-0.15, -0.1) is 0 Å². The molecule has 0 aliphatic rings. The van der Waals surface area contributed by atoms with Gasteiger partial charge in [0.05, 0.1) is 11.4 Å². The molecule has 0 saturated carbocycles. The Labute approximate surface area is 277 Å². The molecule has 4 aromatic carbocycles. The van der Waals surface area contributed by atoms with E-state index in [0.29, 0.717) is 0 Å². The molecule has 4 aromatic rings. The summed E-state index contributed by atoms with van der Waals surface area (Å²) in [7, 11) is 0. The number of hydrogen-bond acceptors (Lipinski definition) is 4. The Morgan fingerprint density at radius 1 is 0.391 bits per heavy atom. The van der Waals surface area contributed by atoms with Crippen LogP contribution < -0.4 is 10.6 Å². The van der Waals surface area contributed by atoms with Crippen LogP contribution in [0.15, 0.2) is 105 Å². The van der Waals surface area contributed by atoms with Crippen molar-refractivity contribution in [2.75, 3.05) is 10.6 Å². The molecule has 0 spiro atoms. The van der Waals surface area contributed by atoms with Gasteiger partial charge in [0.2, 0.25) is 0 Å². The van der Waals surface area contributed by atoms with Gasteiger partial charge in [0.15, 0.2) is 0 Å². The summed E-state index contributed by atoms with van der Waals surface area (Å²) in [5.74, 6) is 0. The minimum absolute atomic E-state index is 0.919. The van der Waals surface area contributed by atoms with Crippen LogP contribution in [0.3, 0.4) is 0 Å². The van der Waals surface area contributed by atoms with Gasteiger partial charge in [-0.3, -0.25) is 9.98 Å². The van der Waals surface area contributed by atoms with Crippen LogP contribution in [0.2, 0.25) is 0 Å². The van der Waals surface area contributed by atoms with E-state index in [1.165, 1.54) is 22.3 Å². The first-order valence-corrected chi connectivity index (χ1v) is 16.1. The molecule has 0 bridgehead atoms. The van der Waals surface area contributed by atoms with E-state index < -0.39 is 0 Å². The Kier molecular flexibility index (Phi) is 10.8. The highest BCUT2D eigenvalue weighted by Gasteiger charge is 2.22. The highest BCUT2D eigenvalue weighted by Crippen LogP contribution is 2.33. The normalized spacial score (nSPS) is 13.3. The summed E-state index contributed by atoms with van der Waals surface area (Å²) in [6.45, 7) is 25.7. The zero-order chi connectivity index (χ0) is 33.7. The largest absolute Gasteiger partial charge is 0.358 e. The summed E-state index contributed by atoms with van der Waals surface area (Å²) in [5, 5.41) is 7.64. The van der Waals surface area contributed by atoms with Crippen LogP contribution in [0.4, 0.5) is 22.7 Å². The van der Waals surface area contributed by atoms with Crippen LogP contribution in [0.1, 0.15) is 72.2 Å². The zero-order valence-corrected chi connectivity index (χ0v) is 29.8. The molecule has 4 nitrogen and oxygen atoms in total. The van der Waals surface area contributed by atoms with Gasteiger partial charge in [0.1, 0.15) is 0 Å². The highest BCUT2D eigenvalue weighted by molar-refractivity contribution is 6.17. The molecule has 4 heteroatoms. The summed E-state index contributed by atoms with van der Waals surface area (Å²) in [5.41, 5.74) is 19.5. The molecule has 0 heterocycles. The van der Waals surface area contributed by atoms with Crippen LogP contribution in [-0.2, 0) is 0 Å². The first-order valence-electron chi connectivity index (χ1n) is 16.1. The van der Waals surface area contributed by atoms with Gasteiger partial charge in [-0.2, -0.15) is 0 Å². The lowest BCUT2D eigenvalue weighted by atomic mass is 9.93. The topological polar surface area (TPSA) is 48.8 Å². The second kappa shape index (κ2) is 14.6. The first-order chi connectivity index (χ1) is 21.8. The second-order valence-electron chi connectivity index (χ2n) is 12.7. The van der Waals surface area contributed by atoms with E-state index in [4.69, 9.17) is 9.98 Å². The fraction of sp³-hybridized carbons (Fsp3) is 0.286. The van der Waals surface area contributed by atoms with Gasteiger partial charge in [-0.25, -0.2) is 0 Å². The smallest absolute Gasteiger partial charge is 0.0691 e. The summed E-state index contributed by atoms with van der Waals surface area (Å²) < 4.78 is 0. The van der Waals surface area contributed by atoms with Crippen molar-refractivity contribution in [1.82, 2.24) is 0 Å². The minimum Gasteiger partial charge on any atom is -0.358 e. The lowest BCUT2D eigenvalue weighted by molar-refractivity contribution is 1.23. The van der Waals surface area contributed by atoms with Crippen molar-refractivity contribution >= 4 is 34.2 Å². The number of anilines is 2. The molecule has 0 amide bonds. The number of benzene rings is 4. The van der Waals surface area contributed by atoms with Crippen molar-refractivity contribution in [1.29, 1.82) is 0 Å². The molecule has 4 rings (SSSR count). The van der Waals surface area contributed by atoms with Crippen LogP contribution in [0, 0.1) is 55.4 Å². The van der Waals surface area contributed by atoms with Gasteiger partial charge in [0.25, 0.3) is 0 Å². The molecule has 0 aromatic heterocycles. The molecule has 0 fully saturated rings. The summed E-state index contributed by atoms with van der Waals surface area (Å²) in [4.78, 5) is 10.7. The average Bonchev–Trinajstić information content (AvgIpc) is 2.99. The van der Waals surface area contributed by atoms with Crippen molar-refractivity contribution < 1.29 is 0 Å². The SMILES string of the molecule is CC(=Nc1c(C)cccc1C)C(=C(/C)Nc1c(C)cccc1C)/C(C(C)=Nc1c(C)cccc1C)=C(\C)Nc1c(C)cccc1C. The van der Waals surface area contributed by atoms with E-state index in [9.17, 15) is 0 Å². The average molecular weight is 611 g/mol. The van der Waals surface area contributed by atoms with E-state index in [1.54, 1.807) is 0 Å². The Morgan fingerprint density at radius 3 is 0.891 bits per heavy atom. The van der Waals surface area contributed by atoms with Crippen molar-refractivity contribution in [2.24, 2.45) is 9.98 Å². The second-order valence-corrected chi connectivity index (χ2v) is 12.7. The predicted molar refractivity (Wildman–Crippen MR) is 202 cm³/mol. The van der Waals surface area contributed by atoms with Crippen LogP contribution in [-0.4, -0.2) is 11.4 Å². The number of aliphatic imine (C=N–C) groups is 2. The standard InChI is InChI=1S/C42H50N4/c1-25-17-13-18-26(2)39(25)43-33(9)37(34(10)44-40-27(3)19-14-20-28(40)4)38(35(11)45-41-29(5)21-15-22-30(41)6)36(12)46-42-31(7)23-16-24-32(42)8/h13-24,43,45H,1-12H3/b37-33+,38-35+,44-34?,46-36?. The number of allylic oxidation sites excluding steroid dienone is 4. The van der Waals surface area contributed by atoms with E-state index in [-0.39, 0.29) is 0 Å². The third kappa shape index (κ3) is 7.56. The van der Waals surface area contributed by atoms with E-state index >= 15 is 0 Å². The Morgan fingerprint density at radius 2 is 0.630 bits per heavy atom. The molecule has 0 atom stereocenters. The molecular formula is C42H50N4. The number of nitrogens with zero attached hydrogens (tertiary/aromatic N) is 2. The maximum absolute atomic E-state index is 5.34. The van der Waals surface area contributed by atoms with Gasteiger partial charge in [-0.05, 0) is 128 Å². The molecule has 238 valence electrons. The van der Waals surface area contributed by atoms with Crippen molar-refractivity contribution in [3.05, 3.63) is 140 Å². The van der Waals surface area contributed by atoms with Crippen LogP contribution >= 0.6 is 0 Å². The summed E-state index contributed by atoms with van der Waals surface area (Å²) in [6, 6.07) is 25.5. The molecule has 2 N–H and O–H groups in total. The van der Waals surface area contributed by atoms with Crippen molar-refractivity contribution in [3.63, 3.8) is 0 Å². The summed E-state index contributed by atoms with van der Waals surface area (Å²) in [6.07, 6.45) is 0. The molecule has 0 aliphatic carbocycles. The zero-order valence-electron chi connectivity index (χ0n) is 29.8. The number of aryl methyl sites for hydroxylation is 8. The Bertz CT molecular complexity index is 1680. The third-order valence-corrected chi connectivity index (χ3v) is 8.75. The lowest BCUT2D eigenvalue weighted by Crippen LogP contribution is -2.18. The molecule has 0 aliphatic heterocycles. The van der Waals surface area contributed by atoms with Crippen molar-refractivity contribution in [3.8, 4) is 0 Å². The number of nitrogens with one attached hydrogen (secondary N) is 2. The molecule has 46 heavy (non-hydrogen) atoms. The minimum atomic E-state index is 0.919. The maximum Gasteiger partial charge on any atom is 0.0691 e. The molecular weight excluding hydrogens is 560 g/mol. The van der Waals surface area contributed by atoms with E-state index in [0.717, 1.165) is 79.0 Å². The van der Waals surface area contributed by atoms with Crippen molar-refractivity contribution in [2.45, 2.75) is 83.1 Å². The van der Waals surface area contributed by atoms with Gasteiger partial charge < -0.3 is 10.6 Å². The van der Waals surface area contributed by atoms with E-state index in [2.05, 4.69) is 167 Å². The quantitative estimate of drug-likeness (QED) is 0.146. The van der Waals surface area contributed by atoms with Crippen LogP contribution in [0.5, 0.6) is 0 Å². The van der Waals surface area contributed by atoms with E-state index in [1.807, 2.05) is 0 Å². The molecule has 0 radical (unpaired) electrons. The number of para-hydroxylation sites is 4. The Balaban J connectivity index is 2.09. The van der Waals surface area contributed by atoms with Gasteiger partial charge in [-0.1, -0.05) is 72.8 Å².